The highest BCUT2D eigenvalue weighted by atomic mass is 127. The van der Waals surface area contributed by atoms with Crippen LogP contribution in [0.25, 0.3) is 0 Å². The highest BCUT2D eigenvalue weighted by Crippen LogP contribution is 2.27. The summed E-state index contributed by atoms with van der Waals surface area (Å²) < 4.78 is 4.26. The van der Waals surface area contributed by atoms with E-state index in [1.807, 2.05) is 18.3 Å². The zero-order valence-electron chi connectivity index (χ0n) is 9.40. The van der Waals surface area contributed by atoms with Gasteiger partial charge in [0.15, 0.2) is 0 Å². The molecule has 0 saturated heterocycles. The fraction of sp³-hybridized carbons (Fsp3) is 0.250. The Hall–Kier alpha value is -0.400. The molecular weight excluding hydrogens is 393 g/mol. The molecule has 2 rings (SSSR count). The second-order valence-electron chi connectivity index (χ2n) is 3.71. The molecule has 90 valence electrons. The molecule has 0 amide bonds. The number of hydrogen-bond acceptors (Lipinski definition) is 2. The Balaban J connectivity index is 2.43. The lowest BCUT2D eigenvalue weighted by atomic mass is 10.1. The molecule has 3 nitrogen and oxygen atoms in total. The van der Waals surface area contributed by atoms with E-state index in [1.54, 1.807) is 6.20 Å². The Morgan fingerprint density at radius 2 is 2.29 bits per heavy atom. The maximum Gasteiger partial charge on any atom is 0.130 e. The summed E-state index contributed by atoms with van der Waals surface area (Å²) >= 11 is 5.83. The standard InChI is InChI=1S/C12H13BrIN3/c1-2-17-6-5-16-12(17)11(15)9-7-8(14)3-4-10(9)13/h3-7,11H,2,15H2,1H3. The second-order valence-corrected chi connectivity index (χ2v) is 5.81. The first kappa shape index (κ1) is 13.0. The first-order valence-electron chi connectivity index (χ1n) is 5.35. The van der Waals surface area contributed by atoms with E-state index in [9.17, 15) is 0 Å². The molecule has 0 bridgehead atoms. The quantitative estimate of drug-likeness (QED) is 0.796. The van der Waals surface area contributed by atoms with Crippen LogP contribution in [0.3, 0.4) is 0 Å². The van der Waals surface area contributed by atoms with E-state index in [4.69, 9.17) is 5.73 Å². The minimum absolute atomic E-state index is 0.200. The number of hydrogen-bond donors (Lipinski definition) is 1. The normalized spacial score (nSPS) is 12.7. The van der Waals surface area contributed by atoms with E-state index in [-0.39, 0.29) is 6.04 Å². The summed E-state index contributed by atoms with van der Waals surface area (Å²) in [5.74, 6) is 0.898. The molecule has 0 fully saturated rings. The van der Waals surface area contributed by atoms with Gasteiger partial charge in [-0.1, -0.05) is 15.9 Å². The lowest BCUT2D eigenvalue weighted by Crippen LogP contribution is -2.18. The van der Waals surface area contributed by atoms with Gasteiger partial charge in [-0.05, 0) is 53.3 Å². The number of halogens is 2. The van der Waals surface area contributed by atoms with E-state index in [0.717, 1.165) is 22.4 Å². The van der Waals surface area contributed by atoms with Crippen molar-refractivity contribution in [1.29, 1.82) is 0 Å². The molecule has 1 aromatic heterocycles. The van der Waals surface area contributed by atoms with Gasteiger partial charge in [0.1, 0.15) is 5.82 Å². The molecule has 1 unspecified atom stereocenters. The average molecular weight is 406 g/mol. The number of aromatic nitrogens is 2. The number of nitrogens with two attached hydrogens (primary N) is 1. The lowest BCUT2D eigenvalue weighted by Gasteiger charge is -2.15. The third-order valence-electron chi connectivity index (χ3n) is 2.66. The van der Waals surface area contributed by atoms with Crippen LogP contribution in [0.2, 0.25) is 0 Å². The van der Waals surface area contributed by atoms with E-state index >= 15 is 0 Å². The Bertz CT molecular complexity index is 524. The van der Waals surface area contributed by atoms with Gasteiger partial charge in [-0.3, -0.25) is 0 Å². The topological polar surface area (TPSA) is 43.8 Å². The van der Waals surface area contributed by atoms with Gasteiger partial charge < -0.3 is 10.3 Å². The molecule has 17 heavy (non-hydrogen) atoms. The van der Waals surface area contributed by atoms with Gasteiger partial charge in [0, 0.05) is 27.0 Å². The summed E-state index contributed by atoms with van der Waals surface area (Å²) in [4.78, 5) is 4.35. The summed E-state index contributed by atoms with van der Waals surface area (Å²) in [5.41, 5.74) is 7.36. The average Bonchev–Trinajstić information content (AvgIpc) is 2.79. The van der Waals surface area contributed by atoms with Crippen LogP contribution in [0.4, 0.5) is 0 Å². The van der Waals surface area contributed by atoms with Crippen molar-refractivity contribution < 1.29 is 0 Å². The van der Waals surface area contributed by atoms with Crippen molar-refractivity contribution in [3.8, 4) is 0 Å². The van der Waals surface area contributed by atoms with E-state index in [2.05, 4.69) is 61.1 Å². The van der Waals surface area contributed by atoms with Crippen LogP contribution < -0.4 is 5.73 Å². The molecule has 1 aromatic carbocycles. The first-order chi connectivity index (χ1) is 8.13. The molecule has 2 N–H and O–H groups in total. The molecule has 0 spiro atoms. The molecule has 0 aliphatic heterocycles. The van der Waals surface area contributed by atoms with Gasteiger partial charge in [-0.2, -0.15) is 0 Å². The van der Waals surface area contributed by atoms with Gasteiger partial charge in [0.05, 0.1) is 6.04 Å². The predicted molar refractivity (Wildman–Crippen MR) is 80.8 cm³/mol. The maximum atomic E-state index is 6.29. The minimum Gasteiger partial charge on any atom is -0.334 e. The van der Waals surface area contributed by atoms with Crippen molar-refractivity contribution in [2.75, 3.05) is 0 Å². The van der Waals surface area contributed by atoms with Crippen molar-refractivity contribution in [1.82, 2.24) is 9.55 Å². The third kappa shape index (κ3) is 2.71. The van der Waals surface area contributed by atoms with Crippen molar-refractivity contribution in [2.45, 2.75) is 19.5 Å². The molecule has 0 radical (unpaired) electrons. The van der Waals surface area contributed by atoms with Gasteiger partial charge in [-0.15, -0.1) is 0 Å². The molecule has 2 aromatic rings. The molecule has 1 heterocycles. The Morgan fingerprint density at radius 1 is 1.53 bits per heavy atom. The molecule has 0 aliphatic rings. The van der Waals surface area contributed by atoms with Crippen LogP contribution >= 0.6 is 38.5 Å². The van der Waals surface area contributed by atoms with Gasteiger partial charge in [0.25, 0.3) is 0 Å². The zero-order chi connectivity index (χ0) is 12.4. The number of nitrogens with zero attached hydrogens (tertiary/aromatic N) is 2. The van der Waals surface area contributed by atoms with Crippen LogP contribution in [-0.4, -0.2) is 9.55 Å². The second kappa shape index (κ2) is 5.49. The minimum atomic E-state index is -0.200. The lowest BCUT2D eigenvalue weighted by molar-refractivity contribution is 0.655. The number of imidazole rings is 1. The predicted octanol–water partition coefficient (Wildman–Crippen LogP) is 3.32. The van der Waals surface area contributed by atoms with Crippen molar-refractivity contribution in [3.63, 3.8) is 0 Å². The number of benzene rings is 1. The van der Waals surface area contributed by atoms with Crippen LogP contribution in [0, 0.1) is 3.57 Å². The molecule has 0 saturated carbocycles. The van der Waals surface area contributed by atoms with Crippen molar-refractivity contribution in [3.05, 3.63) is 50.0 Å². The van der Waals surface area contributed by atoms with Crippen LogP contribution in [0.5, 0.6) is 0 Å². The van der Waals surface area contributed by atoms with Gasteiger partial charge in [-0.25, -0.2) is 4.98 Å². The van der Waals surface area contributed by atoms with Crippen LogP contribution in [-0.2, 0) is 6.54 Å². The van der Waals surface area contributed by atoms with E-state index < -0.39 is 0 Å². The monoisotopic (exact) mass is 405 g/mol. The van der Waals surface area contributed by atoms with Crippen molar-refractivity contribution in [2.24, 2.45) is 5.73 Å². The molecule has 0 aliphatic carbocycles. The molecule has 1 atom stereocenters. The van der Waals surface area contributed by atoms with Crippen LogP contribution in [0.15, 0.2) is 35.1 Å². The number of aryl methyl sites for hydroxylation is 1. The molecule has 5 heteroatoms. The summed E-state index contributed by atoms with van der Waals surface area (Å²) in [5, 5.41) is 0. The summed E-state index contributed by atoms with van der Waals surface area (Å²) in [6.45, 7) is 2.96. The highest BCUT2D eigenvalue weighted by molar-refractivity contribution is 14.1. The van der Waals surface area contributed by atoms with E-state index in [0.29, 0.717) is 0 Å². The molecular formula is C12H13BrIN3. The Kier molecular flexibility index (Phi) is 4.22. The summed E-state index contributed by atoms with van der Waals surface area (Å²) in [7, 11) is 0. The van der Waals surface area contributed by atoms with E-state index in [1.165, 1.54) is 3.57 Å². The highest BCUT2D eigenvalue weighted by Gasteiger charge is 2.16. The maximum absolute atomic E-state index is 6.29. The summed E-state index contributed by atoms with van der Waals surface area (Å²) in [6.07, 6.45) is 3.75. The summed E-state index contributed by atoms with van der Waals surface area (Å²) in [6, 6.07) is 5.96. The van der Waals surface area contributed by atoms with Gasteiger partial charge in [0.2, 0.25) is 0 Å². The smallest absolute Gasteiger partial charge is 0.130 e. The van der Waals surface area contributed by atoms with Crippen LogP contribution in [0.1, 0.15) is 24.4 Å². The SMILES string of the molecule is CCn1ccnc1C(N)c1cc(I)ccc1Br. The third-order valence-corrected chi connectivity index (χ3v) is 4.05. The fourth-order valence-corrected chi connectivity index (χ4v) is 2.77. The largest absolute Gasteiger partial charge is 0.334 e. The zero-order valence-corrected chi connectivity index (χ0v) is 13.1. The fourth-order valence-electron chi connectivity index (χ4n) is 1.76. The number of rotatable bonds is 3. The Labute approximate surface area is 123 Å². The van der Waals surface area contributed by atoms with Crippen molar-refractivity contribution >= 4 is 38.5 Å². The first-order valence-corrected chi connectivity index (χ1v) is 7.22. The Morgan fingerprint density at radius 3 is 3.00 bits per heavy atom. The van der Waals surface area contributed by atoms with Gasteiger partial charge >= 0.3 is 0 Å².